The Kier molecular flexibility index (Phi) is 1.44. The first-order chi connectivity index (χ1) is 4.79. The lowest BCUT2D eigenvalue weighted by Gasteiger charge is -2.15. The van der Waals surface area contributed by atoms with Crippen LogP contribution in [0, 0.1) is 0 Å². The predicted molar refractivity (Wildman–Crippen MR) is 38.6 cm³/mol. The Bertz CT molecular complexity index is 138. The summed E-state index contributed by atoms with van der Waals surface area (Å²) in [6.07, 6.45) is 2.16. The highest BCUT2D eigenvalue weighted by Crippen LogP contribution is 2.26. The van der Waals surface area contributed by atoms with Crippen molar-refractivity contribution in [2.45, 2.75) is 31.0 Å². The molecule has 3 atom stereocenters. The highest BCUT2D eigenvalue weighted by atomic mass is 16.3. The summed E-state index contributed by atoms with van der Waals surface area (Å²) >= 11 is 0. The van der Waals surface area contributed by atoms with Crippen LogP contribution in [0.1, 0.15) is 12.8 Å². The van der Waals surface area contributed by atoms with E-state index >= 15 is 0 Å². The summed E-state index contributed by atoms with van der Waals surface area (Å²) in [6, 6.07) is 0.498. The van der Waals surface area contributed by atoms with E-state index in [0.717, 1.165) is 13.1 Å². The van der Waals surface area contributed by atoms with Crippen molar-refractivity contribution in [3.8, 4) is 0 Å². The Morgan fingerprint density at radius 2 is 2.30 bits per heavy atom. The number of nitrogens with zero attached hydrogens (tertiary/aromatic N) is 1. The molecule has 2 saturated heterocycles. The Morgan fingerprint density at radius 3 is 3.00 bits per heavy atom. The van der Waals surface area contributed by atoms with Crippen molar-refractivity contribution in [3.63, 3.8) is 0 Å². The largest absolute Gasteiger partial charge is 0.390 e. The second-order valence-electron chi connectivity index (χ2n) is 3.35. The Labute approximate surface area is 60.8 Å². The fraction of sp³-hybridized carbons (Fsp3) is 1.00. The number of fused-ring (bicyclic) bond motifs is 1. The number of hydrogen-bond acceptors (Lipinski definition) is 3. The fourth-order valence-electron chi connectivity index (χ4n) is 2.13. The smallest absolute Gasteiger partial charge is 0.0833 e. The summed E-state index contributed by atoms with van der Waals surface area (Å²) < 4.78 is 0. The van der Waals surface area contributed by atoms with Gasteiger partial charge in [0.2, 0.25) is 0 Å². The number of hydrogen-bond donors (Lipinski definition) is 2. The van der Waals surface area contributed by atoms with Gasteiger partial charge in [-0.05, 0) is 19.4 Å². The van der Waals surface area contributed by atoms with Gasteiger partial charge in [0.25, 0.3) is 0 Å². The summed E-state index contributed by atoms with van der Waals surface area (Å²) in [7, 11) is 0. The third-order valence-electron chi connectivity index (χ3n) is 2.72. The summed E-state index contributed by atoms with van der Waals surface area (Å²) in [5.74, 6) is 0. The maximum absolute atomic E-state index is 9.34. The van der Waals surface area contributed by atoms with E-state index in [1.165, 1.54) is 12.8 Å². The van der Waals surface area contributed by atoms with Crippen LogP contribution in [0.25, 0.3) is 0 Å². The lowest BCUT2D eigenvalue weighted by molar-refractivity contribution is 0.164. The van der Waals surface area contributed by atoms with Gasteiger partial charge in [0.1, 0.15) is 0 Å². The van der Waals surface area contributed by atoms with E-state index in [1.807, 2.05) is 0 Å². The summed E-state index contributed by atoms with van der Waals surface area (Å²) in [6.45, 7) is 1.93. The van der Waals surface area contributed by atoms with Crippen molar-refractivity contribution in [1.29, 1.82) is 0 Å². The van der Waals surface area contributed by atoms with E-state index in [0.29, 0.717) is 6.04 Å². The second-order valence-corrected chi connectivity index (χ2v) is 3.35. The van der Waals surface area contributed by atoms with Crippen LogP contribution < -0.4 is 5.73 Å². The zero-order chi connectivity index (χ0) is 7.14. The van der Waals surface area contributed by atoms with Crippen LogP contribution in [0.4, 0.5) is 0 Å². The van der Waals surface area contributed by atoms with Crippen LogP contribution in [0.2, 0.25) is 0 Å². The van der Waals surface area contributed by atoms with Crippen molar-refractivity contribution in [1.82, 2.24) is 4.90 Å². The van der Waals surface area contributed by atoms with E-state index in [9.17, 15) is 5.11 Å². The highest BCUT2D eigenvalue weighted by molar-refractivity contribution is 4.99. The van der Waals surface area contributed by atoms with Gasteiger partial charge in [-0.15, -0.1) is 0 Å². The van der Waals surface area contributed by atoms with Crippen molar-refractivity contribution in [2.24, 2.45) is 5.73 Å². The quantitative estimate of drug-likeness (QED) is 0.463. The molecule has 0 aromatic carbocycles. The molecule has 3 nitrogen and oxygen atoms in total. The molecule has 0 aromatic rings. The monoisotopic (exact) mass is 142 g/mol. The van der Waals surface area contributed by atoms with Crippen LogP contribution >= 0.6 is 0 Å². The Hall–Kier alpha value is -0.120. The Morgan fingerprint density at radius 1 is 1.50 bits per heavy atom. The van der Waals surface area contributed by atoms with Crippen LogP contribution in [0.15, 0.2) is 0 Å². The molecular formula is C7H14N2O. The van der Waals surface area contributed by atoms with Gasteiger partial charge < -0.3 is 10.8 Å². The molecule has 10 heavy (non-hydrogen) atoms. The molecule has 2 rings (SSSR count). The summed E-state index contributed by atoms with van der Waals surface area (Å²) in [5.41, 5.74) is 5.77. The molecule has 2 heterocycles. The molecule has 3 N–H and O–H groups in total. The topological polar surface area (TPSA) is 49.5 Å². The molecule has 0 aromatic heterocycles. The van der Waals surface area contributed by atoms with Gasteiger partial charge >= 0.3 is 0 Å². The zero-order valence-electron chi connectivity index (χ0n) is 6.03. The van der Waals surface area contributed by atoms with Gasteiger partial charge in [-0.3, -0.25) is 4.90 Å². The van der Waals surface area contributed by atoms with E-state index in [1.54, 1.807) is 0 Å². The summed E-state index contributed by atoms with van der Waals surface area (Å²) in [4.78, 5) is 2.30. The minimum atomic E-state index is -0.273. The van der Waals surface area contributed by atoms with Gasteiger partial charge in [0.05, 0.1) is 6.10 Å². The molecule has 0 aliphatic carbocycles. The molecule has 2 aliphatic rings. The van der Waals surface area contributed by atoms with E-state index in [4.69, 9.17) is 5.73 Å². The number of nitrogens with two attached hydrogens (primary N) is 1. The summed E-state index contributed by atoms with van der Waals surface area (Å²) in [5, 5.41) is 9.34. The molecular weight excluding hydrogens is 128 g/mol. The number of aliphatic hydroxyl groups excluding tert-OH is 1. The first-order valence-corrected chi connectivity index (χ1v) is 3.97. The van der Waals surface area contributed by atoms with E-state index in [2.05, 4.69) is 4.90 Å². The zero-order valence-corrected chi connectivity index (χ0v) is 6.03. The lowest BCUT2D eigenvalue weighted by atomic mass is 10.1. The van der Waals surface area contributed by atoms with Gasteiger partial charge in [-0.25, -0.2) is 0 Å². The predicted octanol–water partition coefficient (Wildman–Crippen LogP) is -0.847. The SMILES string of the molecule is N[C@H]1C(O)CN2CCC[C@H]12. The standard InChI is InChI=1S/C7H14N2O/c8-7-5-2-1-3-9(5)4-6(7)10/h5-7,10H,1-4,8H2/t5-,6?,7-/m1/s1. The molecule has 0 saturated carbocycles. The first-order valence-electron chi connectivity index (χ1n) is 3.97. The van der Waals surface area contributed by atoms with Gasteiger partial charge in [0.15, 0.2) is 0 Å². The maximum Gasteiger partial charge on any atom is 0.0833 e. The third kappa shape index (κ3) is 0.779. The molecule has 3 heteroatoms. The van der Waals surface area contributed by atoms with Crippen LogP contribution in [0.3, 0.4) is 0 Å². The minimum absolute atomic E-state index is 0.0162. The van der Waals surface area contributed by atoms with Gasteiger partial charge in [0, 0.05) is 18.6 Å². The molecule has 58 valence electrons. The minimum Gasteiger partial charge on any atom is -0.390 e. The van der Waals surface area contributed by atoms with E-state index in [-0.39, 0.29) is 12.1 Å². The normalized spacial score (nSPS) is 48.0. The average molecular weight is 142 g/mol. The Balaban J connectivity index is 2.09. The lowest BCUT2D eigenvalue weighted by Crippen LogP contribution is -2.39. The van der Waals surface area contributed by atoms with E-state index < -0.39 is 0 Å². The van der Waals surface area contributed by atoms with Crippen molar-refractivity contribution >= 4 is 0 Å². The average Bonchev–Trinajstić information content (AvgIpc) is 2.41. The van der Waals surface area contributed by atoms with Gasteiger partial charge in [-0.2, -0.15) is 0 Å². The van der Waals surface area contributed by atoms with Crippen molar-refractivity contribution in [2.75, 3.05) is 13.1 Å². The number of aliphatic hydroxyl groups is 1. The first kappa shape index (κ1) is 6.58. The molecule has 2 aliphatic heterocycles. The molecule has 0 radical (unpaired) electrons. The molecule has 1 unspecified atom stereocenters. The second kappa shape index (κ2) is 2.19. The van der Waals surface area contributed by atoms with Crippen LogP contribution in [-0.2, 0) is 0 Å². The third-order valence-corrected chi connectivity index (χ3v) is 2.72. The van der Waals surface area contributed by atoms with Gasteiger partial charge in [-0.1, -0.05) is 0 Å². The highest BCUT2D eigenvalue weighted by Gasteiger charge is 2.40. The number of rotatable bonds is 0. The van der Waals surface area contributed by atoms with Crippen LogP contribution in [-0.4, -0.2) is 41.3 Å². The van der Waals surface area contributed by atoms with Crippen molar-refractivity contribution < 1.29 is 5.11 Å². The van der Waals surface area contributed by atoms with Crippen molar-refractivity contribution in [3.05, 3.63) is 0 Å². The fourth-order valence-corrected chi connectivity index (χ4v) is 2.13. The van der Waals surface area contributed by atoms with Crippen LogP contribution in [0.5, 0.6) is 0 Å². The molecule has 0 amide bonds. The molecule has 0 spiro atoms. The molecule has 2 fully saturated rings. The maximum atomic E-state index is 9.34. The molecule has 0 bridgehead atoms.